The first kappa shape index (κ1) is 13.7. The van der Waals surface area contributed by atoms with Gasteiger partial charge in [-0.15, -0.1) is 0 Å². The molecule has 0 aromatic carbocycles. The highest BCUT2D eigenvalue weighted by Crippen LogP contribution is 2.23. The van der Waals surface area contributed by atoms with Gasteiger partial charge in [0.2, 0.25) is 0 Å². The lowest BCUT2D eigenvalue weighted by atomic mass is 9.95. The van der Waals surface area contributed by atoms with Gasteiger partial charge in [0.1, 0.15) is 5.78 Å². The average molecular weight is 227 g/mol. The second kappa shape index (κ2) is 7.02. The lowest BCUT2D eigenvalue weighted by molar-refractivity contribution is -0.118. The van der Waals surface area contributed by atoms with Crippen LogP contribution in [0.15, 0.2) is 0 Å². The van der Waals surface area contributed by atoms with E-state index in [4.69, 9.17) is 4.74 Å². The largest absolute Gasteiger partial charge is 0.385 e. The fourth-order valence-electron chi connectivity index (χ4n) is 2.61. The van der Waals surface area contributed by atoms with Gasteiger partial charge in [-0.25, -0.2) is 0 Å². The molecule has 0 amide bonds. The molecule has 0 aromatic rings. The molecule has 1 heterocycles. The van der Waals surface area contributed by atoms with Crippen molar-refractivity contribution in [2.24, 2.45) is 0 Å². The maximum atomic E-state index is 11.2. The van der Waals surface area contributed by atoms with E-state index in [9.17, 15) is 4.79 Å². The summed E-state index contributed by atoms with van der Waals surface area (Å²) in [5.41, 5.74) is 0. The standard InChI is InChI=1S/C13H25NO2/c1-11(7-9-16-3)14-8-5-4-6-13(14)10-12(2)15/h11,13H,4-10H2,1-3H3. The van der Waals surface area contributed by atoms with Crippen LogP contribution in [0.3, 0.4) is 0 Å². The number of carbonyl (C=O) groups is 1. The van der Waals surface area contributed by atoms with Crippen LogP contribution in [0.1, 0.15) is 46.0 Å². The summed E-state index contributed by atoms with van der Waals surface area (Å²) in [4.78, 5) is 13.7. The number of ether oxygens (including phenoxy) is 1. The van der Waals surface area contributed by atoms with Gasteiger partial charge < -0.3 is 4.74 Å². The van der Waals surface area contributed by atoms with Crippen molar-refractivity contribution in [1.82, 2.24) is 4.90 Å². The van der Waals surface area contributed by atoms with Crippen LogP contribution < -0.4 is 0 Å². The van der Waals surface area contributed by atoms with Gasteiger partial charge in [0.15, 0.2) is 0 Å². The molecule has 0 aliphatic carbocycles. The Bertz CT molecular complexity index is 218. The van der Waals surface area contributed by atoms with Crippen LogP contribution in [0, 0.1) is 0 Å². The molecule has 3 nitrogen and oxygen atoms in total. The van der Waals surface area contributed by atoms with E-state index in [2.05, 4.69) is 11.8 Å². The smallest absolute Gasteiger partial charge is 0.131 e. The number of nitrogens with zero attached hydrogens (tertiary/aromatic N) is 1. The number of ketones is 1. The molecule has 1 rings (SSSR count). The zero-order valence-electron chi connectivity index (χ0n) is 10.9. The van der Waals surface area contributed by atoms with Crippen LogP contribution in [0.4, 0.5) is 0 Å². The Balaban J connectivity index is 2.48. The van der Waals surface area contributed by atoms with Gasteiger partial charge >= 0.3 is 0 Å². The van der Waals surface area contributed by atoms with E-state index in [1.54, 1.807) is 14.0 Å². The summed E-state index contributed by atoms with van der Waals surface area (Å²) in [6, 6.07) is 1.00. The number of rotatable bonds is 6. The molecule has 0 N–H and O–H groups in total. The van der Waals surface area contributed by atoms with Crippen molar-refractivity contribution in [3.05, 3.63) is 0 Å². The molecule has 94 valence electrons. The molecule has 0 spiro atoms. The molecule has 2 unspecified atom stereocenters. The van der Waals surface area contributed by atoms with Gasteiger partial charge in [-0.1, -0.05) is 6.42 Å². The topological polar surface area (TPSA) is 29.5 Å². The average Bonchev–Trinajstić information content (AvgIpc) is 2.26. The van der Waals surface area contributed by atoms with Crippen molar-refractivity contribution >= 4 is 5.78 Å². The normalized spacial score (nSPS) is 24.3. The lowest BCUT2D eigenvalue weighted by Gasteiger charge is -2.39. The van der Waals surface area contributed by atoms with E-state index in [-0.39, 0.29) is 0 Å². The Hall–Kier alpha value is -0.410. The molecule has 1 fully saturated rings. The zero-order valence-corrected chi connectivity index (χ0v) is 10.9. The SMILES string of the molecule is COCCC(C)N1CCCCC1CC(C)=O. The molecule has 3 heteroatoms. The Morgan fingerprint density at radius 2 is 2.25 bits per heavy atom. The molecule has 0 aromatic heterocycles. The van der Waals surface area contributed by atoms with Gasteiger partial charge in [-0.3, -0.25) is 9.69 Å². The summed E-state index contributed by atoms with van der Waals surface area (Å²) in [5.74, 6) is 0.316. The quantitative estimate of drug-likeness (QED) is 0.697. The first-order valence-corrected chi connectivity index (χ1v) is 6.39. The van der Waals surface area contributed by atoms with Crippen molar-refractivity contribution in [2.45, 2.75) is 58.0 Å². The summed E-state index contributed by atoms with van der Waals surface area (Å²) in [5, 5.41) is 0. The van der Waals surface area contributed by atoms with Gasteiger partial charge in [-0.05, 0) is 39.7 Å². The number of hydrogen-bond donors (Lipinski definition) is 0. The van der Waals surface area contributed by atoms with Crippen molar-refractivity contribution in [3.8, 4) is 0 Å². The second-order valence-electron chi connectivity index (χ2n) is 4.92. The summed E-state index contributed by atoms with van der Waals surface area (Å²) < 4.78 is 5.13. The fraction of sp³-hybridized carbons (Fsp3) is 0.923. The first-order valence-electron chi connectivity index (χ1n) is 6.39. The highest BCUT2D eigenvalue weighted by molar-refractivity contribution is 5.76. The highest BCUT2D eigenvalue weighted by Gasteiger charge is 2.26. The van der Waals surface area contributed by atoms with E-state index < -0.39 is 0 Å². The minimum absolute atomic E-state index is 0.316. The predicted octanol–water partition coefficient (Wildman–Crippen LogP) is 2.25. The second-order valence-corrected chi connectivity index (χ2v) is 4.92. The van der Waals surface area contributed by atoms with Gasteiger partial charge in [-0.2, -0.15) is 0 Å². The van der Waals surface area contributed by atoms with Crippen LogP contribution in [0.25, 0.3) is 0 Å². The number of carbonyl (C=O) groups excluding carboxylic acids is 1. The maximum absolute atomic E-state index is 11.2. The van der Waals surface area contributed by atoms with E-state index in [0.29, 0.717) is 17.9 Å². The molecule has 0 radical (unpaired) electrons. The monoisotopic (exact) mass is 227 g/mol. The van der Waals surface area contributed by atoms with Gasteiger partial charge in [0.25, 0.3) is 0 Å². The highest BCUT2D eigenvalue weighted by atomic mass is 16.5. The third-order valence-corrected chi connectivity index (χ3v) is 3.50. The predicted molar refractivity (Wildman–Crippen MR) is 65.6 cm³/mol. The molecule has 0 saturated carbocycles. The molecule has 1 saturated heterocycles. The summed E-state index contributed by atoms with van der Waals surface area (Å²) >= 11 is 0. The molecule has 16 heavy (non-hydrogen) atoms. The van der Waals surface area contributed by atoms with Crippen molar-refractivity contribution < 1.29 is 9.53 Å². The summed E-state index contributed by atoms with van der Waals surface area (Å²) in [6.45, 7) is 5.90. The Labute approximate surface area is 99.1 Å². The number of Topliss-reactive ketones (excluding diaryl/α,β-unsaturated/α-hetero) is 1. The van der Waals surface area contributed by atoms with Crippen LogP contribution >= 0.6 is 0 Å². The first-order chi connectivity index (χ1) is 7.65. The number of likely N-dealkylation sites (tertiary alicyclic amines) is 1. The minimum Gasteiger partial charge on any atom is -0.385 e. The van der Waals surface area contributed by atoms with Crippen molar-refractivity contribution in [1.29, 1.82) is 0 Å². The van der Waals surface area contributed by atoms with Crippen LogP contribution in [-0.2, 0) is 9.53 Å². The molecule has 0 bridgehead atoms. The Morgan fingerprint density at radius 3 is 2.88 bits per heavy atom. The number of piperidine rings is 1. The van der Waals surface area contributed by atoms with Crippen LogP contribution in [0.2, 0.25) is 0 Å². The Morgan fingerprint density at radius 1 is 1.50 bits per heavy atom. The van der Waals surface area contributed by atoms with E-state index >= 15 is 0 Å². The lowest BCUT2D eigenvalue weighted by Crippen LogP contribution is -2.46. The third kappa shape index (κ3) is 4.22. The van der Waals surface area contributed by atoms with E-state index in [1.807, 2.05) is 0 Å². The van der Waals surface area contributed by atoms with Crippen LogP contribution in [-0.4, -0.2) is 43.0 Å². The number of methoxy groups -OCH3 is 1. The Kier molecular flexibility index (Phi) is 5.99. The van der Waals surface area contributed by atoms with Crippen molar-refractivity contribution in [2.75, 3.05) is 20.3 Å². The fourth-order valence-corrected chi connectivity index (χ4v) is 2.61. The number of hydrogen-bond acceptors (Lipinski definition) is 3. The summed E-state index contributed by atoms with van der Waals surface area (Å²) in [7, 11) is 1.75. The third-order valence-electron chi connectivity index (χ3n) is 3.50. The molecular weight excluding hydrogens is 202 g/mol. The molecule has 1 aliphatic heterocycles. The minimum atomic E-state index is 0.316. The van der Waals surface area contributed by atoms with E-state index in [1.165, 1.54) is 19.3 Å². The van der Waals surface area contributed by atoms with Gasteiger partial charge in [0, 0.05) is 32.2 Å². The summed E-state index contributed by atoms with van der Waals surface area (Å²) in [6.07, 6.45) is 5.50. The molecule has 2 atom stereocenters. The van der Waals surface area contributed by atoms with Crippen molar-refractivity contribution in [3.63, 3.8) is 0 Å². The van der Waals surface area contributed by atoms with E-state index in [0.717, 1.165) is 26.0 Å². The zero-order chi connectivity index (χ0) is 12.0. The molecule has 1 aliphatic rings. The molecular formula is C13H25NO2. The van der Waals surface area contributed by atoms with Gasteiger partial charge in [0.05, 0.1) is 0 Å². The maximum Gasteiger partial charge on any atom is 0.131 e. The van der Waals surface area contributed by atoms with Crippen LogP contribution in [0.5, 0.6) is 0 Å².